The molecule has 45 heavy (non-hydrogen) atoms. The van der Waals surface area contributed by atoms with Crippen molar-refractivity contribution in [3.8, 4) is 0 Å². The lowest BCUT2D eigenvalue weighted by molar-refractivity contribution is -0.150. The third-order valence-corrected chi connectivity index (χ3v) is 9.15. The van der Waals surface area contributed by atoms with E-state index in [1.54, 1.807) is 0 Å². The van der Waals surface area contributed by atoms with Crippen molar-refractivity contribution in [1.29, 1.82) is 0 Å². The number of aliphatic carboxylic acids is 1. The number of nitrogens with one attached hydrogen (secondary N) is 3. The molecule has 4 aliphatic heterocycles. The SMILES string of the molecule is CC(NC(=O)C1CCCN1C(=O)C1CCCN1C(=O)C(CCCN=C(N)N)NC(=O)C1CCCN1)C(=O)N1CCCC1C(=O)O. The summed E-state index contributed by atoms with van der Waals surface area (Å²) in [6, 6.07) is -4.73. The van der Waals surface area contributed by atoms with Crippen molar-refractivity contribution in [2.75, 3.05) is 32.7 Å². The number of hydrogen-bond acceptors (Lipinski definition) is 8. The number of amides is 5. The smallest absolute Gasteiger partial charge is 0.326 e. The van der Waals surface area contributed by atoms with Gasteiger partial charge in [-0.05, 0) is 77.7 Å². The summed E-state index contributed by atoms with van der Waals surface area (Å²) in [5, 5.41) is 18.1. The Hall–Kier alpha value is -3.95. The van der Waals surface area contributed by atoms with E-state index in [1.165, 1.54) is 21.6 Å². The van der Waals surface area contributed by atoms with E-state index in [1.807, 2.05) is 0 Å². The zero-order chi connectivity index (χ0) is 32.7. The molecule has 4 heterocycles. The van der Waals surface area contributed by atoms with Crippen LogP contribution in [0.25, 0.3) is 0 Å². The van der Waals surface area contributed by atoms with Gasteiger partial charge < -0.3 is 47.2 Å². The molecule has 6 unspecified atom stereocenters. The molecule has 4 saturated heterocycles. The molecular weight excluding hydrogens is 586 g/mol. The highest BCUT2D eigenvalue weighted by atomic mass is 16.4. The van der Waals surface area contributed by atoms with E-state index in [0.29, 0.717) is 71.0 Å². The molecule has 16 nitrogen and oxygen atoms in total. The van der Waals surface area contributed by atoms with Crippen molar-refractivity contribution in [3.05, 3.63) is 0 Å². The minimum atomic E-state index is -1.08. The Morgan fingerprint density at radius 3 is 2.07 bits per heavy atom. The average molecular weight is 634 g/mol. The molecule has 0 aliphatic carbocycles. The van der Waals surface area contributed by atoms with E-state index in [4.69, 9.17) is 11.5 Å². The molecule has 0 saturated carbocycles. The van der Waals surface area contributed by atoms with Gasteiger partial charge >= 0.3 is 5.97 Å². The van der Waals surface area contributed by atoms with Gasteiger partial charge in [0.2, 0.25) is 29.5 Å². The predicted molar refractivity (Wildman–Crippen MR) is 162 cm³/mol. The molecule has 5 amide bonds. The Balaban J connectivity index is 1.40. The lowest BCUT2D eigenvalue weighted by atomic mass is 10.1. The highest BCUT2D eigenvalue weighted by molar-refractivity contribution is 5.97. The topological polar surface area (TPSA) is 233 Å². The lowest BCUT2D eigenvalue weighted by Crippen LogP contribution is -2.58. The summed E-state index contributed by atoms with van der Waals surface area (Å²) in [6.07, 6.45) is 5.20. The summed E-state index contributed by atoms with van der Waals surface area (Å²) in [5.74, 6) is -3.07. The number of carboxylic acid groups (broad SMARTS) is 1. The molecule has 0 aromatic heterocycles. The van der Waals surface area contributed by atoms with Gasteiger partial charge in [0.15, 0.2) is 5.96 Å². The van der Waals surface area contributed by atoms with Gasteiger partial charge in [-0.25, -0.2) is 4.79 Å². The fourth-order valence-corrected chi connectivity index (χ4v) is 6.83. The molecule has 0 spiro atoms. The third kappa shape index (κ3) is 8.21. The van der Waals surface area contributed by atoms with E-state index in [9.17, 15) is 33.9 Å². The van der Waals surface area contributed by atoms with Crippen molar-refractivity contribution in [3.63, 3.8) is 0 Å². The van der Waals surface area contributed by atoms with Crippen molar-refractivity contribution in [2.45, 2.75) is 107 Å². The zero-order valence-corrected chi connectivity index (χ0v) is 25.9. The van der Waals surface area contributed by atoms with Gasteiger partial charge in [-0.3, -0.25) is 29.0 Å². The van der Waals surface area contributed by atoms with Gasteiger partial charge in [0.25, 0.3) is 0 Å². The minimum absolute atomic E-state index is 0.0641. The lowest BCUT2D eigenvalue weighted by Gasteiger charge is -2.33. The molecule has 0 aromatic carbocycles. The van der Waals surface area contributed by atoms with Crippen LogP contribution in [0.15, 0.2) is 4.99 Å². The van der Waals surface area contributed by atoms with Crippen LogP contribution in [0, 0.1) is 0 Å². The first-order valence-electron chi connectivity index (χ1n) is 16.0. The maximum Gasteiger partial charge on any atom is 0.326 e. The molecule has 4 aliphatic rings. The van der Waals surface area contributed by atoms with E-state index >= 15 is 0 Å². The summed E-state index contributed by atoms with van der Waals surface area (Å²) in [5.41, 5.74) is 10.9. The number of nitrogens with two attached hydrogens (primary N) is 2. The fourth-order valence-electron chi connectivity index (χ4n) is 6.83. The highest BCUT2D eigenvalue weighted by Gasteiger charge is 2.44. The summed E-state index contributed by atoms with van der Waals surface area (Å²) in [4.78, 5) is 86.8. The zero-order valence-electron chi connectivity index (χ0n) is 25.9. The largest absolute Gasteiger partial charge is 0.480 e. The van der Waals surface area contributed by atoms with Gasteiger partial charge in [-0.1, -0.05) is 0 Å². The first-order chi connectivity index (χ1) is 21.5. The van der Waals surface area contributed by atoms with Crippen LogP contribution in [-0.4, -0.2) is 130 Å². The first kappa shape index (κ1) is 33.9. The Morgan fingerprint density at radius 1 is 0.822 bits per heavy atom. The van der Waals surface area contributed by atoms with Gasteiger partial charge in [0.05, 0.1) is 6.04 Å². The van der Waals surface area contributed by atoms with Crippen LogP contribution in [0.2, 0.25) is 0 Å². The molecule has 6 atom stereocenters. The number of carboxylic acids is 1. The first-order valence-corrected chi connectivity index (χ1v) is 16.0. The van der Waals surface area contributed by atoms with Crippen LogP contribution in [0.3, 0.4) is 0 Å². The highest BCUT2D eigenvalue weighted by Crippen LogP contribution is 2.26. The molecule has 4 fully saturated rings. The second kappa shape index (κ2) is 15.4. The van der Waals surface area contributed by atoms with Gasteiger partial charge in [-0.2, -0.15) is 0 Å². The third-order valence-electron chi connectivity index (χ3n) is 9.15. The number of hydrogen-bond donors (Lipinski definition) is 6. The van der Waals surface area contributed by atoms with Gasteiger partial charge in [-0.15, -0.1) is 0 Å². The monoisotopic (exact) mass is 633 g/mol. The number of rotatable bonds is 12. The normalized spacial score (nSPS) is 25.9. The summed E-state index contributed by atoms with van der Waals surface area (Å²) < 4.78 is 0. The van der Waals surface area contributed by atoms with Crippen molar-refractivity contribution in [2.24, 2.45) is 16.5 Å². The molecular formula is C29H47N9O7. The molecule has 0 radical (unpaired) electrons. The van der Waals surface area contributed by atoms with E-state index in [-0.39, 0.29) is 42.7 Å². The molecule has 8 N–H and O–H groups in total. The summed E-state index contributed by atoms with van der Waals surface area (Å²) in [7, 11) is 0. The van der Waals surface area contributed by atoms with Crippen LogP contribution in [0.1, 0.15) is 71.1 Å². The van der Waals surface area contributed by atoms with Crippen LogP contribution in [0.4, 0.5) is 0 Å². The average Bonchev–Trinajstić information content (AvgIpc) is 3.83. The molecule has 4 rings (SSSR count). The number of nitrogens with zero attached hydrogens (tertiary/aromatic N) is 4. The number of likely N-dealkylation sites (tertiary alicyclic amines) is 3. The predicted octanol–water partition coefficient (Wildman–Crippen LogP) is -2.16. The molecule has 250 valence electrons. The van der Waals surface area contributed by atoms with E-state index in [2.05, 4.69) is 20.9 Å². The second-order valence-electron chi connectivity index (χ2n) is 12.3. The summed E-state index contributed by atoms with van der Waals surface area (Å²) in [6.45, 7) is 3.50. The van der Waals surface area contributed by atoms with Crippen molar-refractivity contribution < 1.29 is 33.9 Å². The number of aliphatic imine (C=N–C) groups is 1. The van der Waals surface area contributed by atoms with Gasteiger partial charge in [0.1, 0.15) is 30.2 Å². The quantitative estimate of drug-likeness (QED) is 0.0774. The molecule has 0 aromatic rings. The molecule has 0 bridgehead atoms. The van der Waals surface area contributed by atoms with Crippen LogP contribution in [0.5, 0.6) is 0 Å². The fraction of sp³-hybridized carbons (Fsp3) is 0.759. The minimum Gasteiger partial charge on any atom is -0.480 e. The Labute approximate surface area is 262 Å². The Kier molecular flexibility index (Phi) is 11.6. The van der Waals surface area contributed by atoms with Crippen LogP contribution < -0.4 is 27.4 Å². The van der Waals surface area contributed by atoms with Crippen molar-refractivity contribution >= 4 is 41.5 Å². The number of guanidine groups is 1. The van der Waals surface area contributed by atoms with E-state index in [0.717, 1.165) is 13.0 Å². The maximum absolute atomic E-state index is 13.9. The Bertz CT molecular complexity index is 1170. The second-order valence-corrected chi connectivity index (χ2v) is 12.3. The van der Waals surface area contributed by atoms with Crippen LogP contribution >= 0.6 is 0 Å². The molecule has 16 heteroatoms. The van der Waals surface area contributed by atoms with E-state index < -0.39 is 48.0 Å². The maximum atomic E-state index is 13.9. The van der Waals surface area contributed by atoms with Gasteiger partial charge in [0, 0.05) is 26.2 Å². The summed E-state index contributed by atoms with van der Waals surface area (Å²) >= 11 is 0. The Morgan fingerprint density at radius 2 is 1.44 bits per heavy atom. The van der Waals surface area contributed by atoms with Crippen molar-refractivity contribution in [1.82, 2.24) is 30.7 Å². The number of carbonyl (C=O) groups is 6. The standard InChI is InChI=1S/C29H47N9O7/c1-17(25(41)38-16-6-11-22(38)28(44)45)34-24(40)20-9-4-14-36(20)27(43)21-10-5-15-37(21)26(42)19(8-3-13-33-29(30)31)35-23(39)18-7-2-12-32-18/h17-22,32H,2-16H2,1H3,(H,34,40)(H,35,39)(H,44,45)(H4,30,31,33). The number of carbonyl (C=O) groups excluding carboxylic acids is 5. The van der Waals surface area contributed by atoms with Crippen LogP contribution in [-0.2, 0) is 28.8 Å².